The average Bonchev–Trinajstić information content (AvgIpc) is 1.90. The predicted octanol–water partition coefficient (Wildman–Crippen LogP) is 2.19. The van der Waals surface area contributed by atoms with Crippen LogP contribution in [0.1, 0.15) is 19.8 Å². The molecule has 1 nitrogen and oxygen atoms in total. The van der Waals surface area contributed by atoms with Gasteiger partial charge in [0.1, 0.15) is 0 Å². The van der Waals surface area contributed by atoms with Crippen LogP contribution < -0.4 is 5.32 Å². The first-order chi connectivity index (χ1) is 4.27. The van der Waals surface area contributed by atoms with Crippen molar-refractivity contribution in [3.63, 3.8) is 0 Å². The highest BCUT2D eigenvalue weighted by Gasteiger charge is 2.24. The summed E-state index contributed by atoms with van der Waals surface area (Å²) in [6.45, 7) is 4.74. The Hall–Kier alpha value is 0.730. The van der Waals surface area contributed by atoms with Crippen LogP contribution in [0.2, 0.25) is 0 Å². The summed E-state index contributed by atoms with van der Waals surface area (Å²) in [5, 5.41) is 4.51. The van der Waals surface area contributed by atoms with E-state index in [2.05, 4.69) is 28.2 Å². The molecular formula is C7H15BrClN. The van der Waals surface area contributed by atoms with Crippen LogP contribution in [0.5, 0.6) is 0 Å². The number of hydrogen-bond donors (Lipinski definition) is 1. The van der Waals surface area contributed by atoms with Gasteiger partial charge in [-0.05, 0) is 31.3 Å². The summed E-state index contributed by atoms with van der Waals surface area (Å²) in [6, 6.07) is 0. The molecule has 0 aliphatic carbocycles. The van der Waals surface area contributed by atoms with E-state index in [0.29, 0.717) is 5.41 Å². The van der Waals surface area contributed by atoms with E-state index in [1.165, 1.54) is 25.9 Å². The Morgan fingerprint density at radius 2 is 1.90 bits per heavy atom. The van der Waals surface area contributed by atoms with Crippen LogP contribution in [0.4, 0.5) is 0 Å². The minimum atomic E-state index is 0. The minimum absolute atomic E-state index is 0. The Labute approximate surface area is 77.5 Å². The summed E-state index contributed by atoms with van der Waals surface area (Å²) in [6.07, 6.45) is 2.64. The fourth-order valence-corrected chi connectivity index (χ4v) is 1.72. The van der Waals surface area contributed by atoms with E-state index in [4.69, 9.17) is 0 Å². The molecule has 1 aliphatic rings. The van der Waals surface area contributed by atoms with E-state index in [1.54, 1.807) is 0 Å². The van der Waals surface area contributed by atoms with Crippen molar-refractivity contribution < 1.29 is 0 Å². The zero-order chi connectivity index (χ0) is 6.74. The molecule has 0 spiro atoms. The van der Waals surface area contributed by atoms with Gasteiger partial charge in [0.2, 0.25) is 0 Å². The molecule has 0 aromatic carbocycles. The molecule has 10 heavy (non-hydrogen) atoms. The Kier molecular flexibility index (Phi) is 4.91. The van der Waals surface area contributed by atoms with Gasteiger partial charge < -0.3 is 5.32 Å². The van der Waals surface area contributed by atoms with Gasteiger partial charge in [-0.2, -0.15) is 0 Å². The highest BCUT2D eigenvalue weighted by atomic mass is 79.9. The Morgan fingerprint density at radius 1 is 1.40 bits per heavy atom. The third kappa shape index (κ3) is 2.77. The molecule has 0 bridgehead atoms. The van der Waals surface area contributed by atoms with E-state index >= 15 is 0 Å². The van der Waals surface area contributed by atoms with Crippen molar-refractivity contribution in [3.05, 3.63) is 0 Å². The van der Waals surface area contributed by atoms with Gasteiger partial charge in [-0.1, -0.05) is 22.9 Å². The van der Waals surface area contributed by atoms with Crippen molar-refractivity contribution in [2.24, 2.45) is 5.41 Å². The van der Waals surface area contributed by atoms with E-state index < -0.39 is 0 Å². The molecule has 0 atom stereocenters. The minimum Gasteiger partial charge on any atom is -0.317 e. The molecule has 62 valence electrons. The van der Waals surface area contributed by atoms with Crippen LogP contribution in [0.25, 0.3) is 0 Å². The topological polar surface area (TPSA) is 12.0 Å². The zero-order valence-electron chi connectivity index (χ0n) is 6.32. The van der Waals surface area contributed by atoms with E-state index in [0.717, 1.165) is 5.33 Å². The highest BCUT2D eigenvalue weighted by molar-refractivity contribution is 9.09. The van der Waals surface area contributed by atoms with Gasteiger partial charge in [-0.15, -0.1) is 12.4 Å². The Bertz CT molecular complexity index is 91.6. The van der Waals surface area contributed by atoms with E-state index in [-0.39, 0.29) is 12.4 Å². The molecular weight excluding hydrogens is 213 g/mol. The number of halogens is 2. The third-order valence-electron chi connectivity index (χ3n) is 2.13. The summed E-state index contributed by atoms with van der Waals surface area (Å²) in [5.41, 5.74) is 0.575. The van der Waals surface area contributed by atoms with Crippen LogP contribution in [0, 0.1) is 5.41 Å². The maximum atomic E-state index is 3.54. The number of alkyl halides is 1. The van der Waals surface area contributed by atoms with Crippen LogP contribution in [-0.2, 0) is 0 Å². The monoisotopic (exact) mass is 227 g/mol. The Morgan fingerprint density at radius 3 is 2.20 bits per heavy atom. The van der Waals surface area contributed by atoms with Gasteiger partial charge in [-0.25, -0.2) is 0 Å². The first-order valence-corrected chi connectivity index (χ1v) is 4.66. The molecule has 1 rings (SSSR count). The van der Waals surface area contributed by atoms with Gasteiger partial charge in [0, 0.05) is 5.33 Å². The molecule has 0 aromatic rings. The maximum absolute atomic E-state index is 3.54. The average molecular weight is 229 g/mol. The molecule has 0 amide bonds. The van der Waals surface area contributed by atoms with Crippen molar-refractivity contribution in [2.45, 2.75) is 19.8 Å². The summed E-state index contributed by atoms with van der Waals surface area (Å²) in [7, 11) is 0. The van der Waals surface area contributed by atoms with Crippen LogP contribution in [0.15, 0.2) is 0 Å². The Balaban J connectivity index is 0.000000810. The largest absolute Gasteiger partial charge is 0.317 e. The zero-order valence-corrected chi connectivity index (χ0v) is 8.72. The molecule has 1 aliphatic heterocycles. The van der Waals surface area contributed by atoms with Crippen molar-refractivity contribution in [3.8, 4) is 0 Å². The lowest BCUT2D eigenvalue weighted by atomic mass is 9.83. The van der Waals surface area contributed by atoms with Gasteiger partial charge in [0.05, 0.1) is 0 Å². The summed E-state index contributed by atoms with van der Waals surface area (Å²) in [4.78, 5) is 0. The number of rotatable bonds is 1. The summed E-state index contributed by atoms with van der Waals surface area (Å²) >= 11 is 3.54. The van der Waals surface area contributed by atoms with Crippen molar-refractivity contribution in [1.82, 2.24) is 5.32 Å². The molecule has 3 heteroatoms. The van der Waals surface area contributed by atoms with E-state index in [1.807, 2.05) is 0 Å². The van der Waals surface area contributed by atoms with Gasteiger partial charge in [-0.3, -0.25) is 0 Å². The fraction of sp³-hybridized carbons (Fsp3) is 1.00. The lowest BCUT2D eigenvalue weighted by Crippen LogP contribution is -2.35. The second-order valence-electron chi connectivity index (χ2n) is 3.19. The number of piperidine rings is 1. The van der Waals surface area contributed by atoms with Gasteiger partial charge in [0.15, 0.2) is 0 Å². The van der Waals surface area contributed by atoms with Crippen LogP contribution in [-0.4, -0.2) is 18.4 Å². The second kappa shape index (κ2) is 4.58. The fourth-order valence-electron chi connectivity index (χ4n) is 1.16. The molecule has 0 radical (unpaired) electrons. The molecule has 1 heterocycles. The molecule has 0 saturated carbocycles. The maximum Gasteiger partial charge on any atom is 0.00862 e. The number of nitrogens with one attached hydrogen (secondary N) is 1. The SMILES string of the molecule is CC1(CBr)CCNCC1.Cl. The third-order valence-corrected chi connectivity index (χ3v) is 3.49. The molecule has 0 unspecified atom stereocenters. The molecule has 1 saturated heterocycles. The first kappa shape index (κ1) is 10.7. The van der Waals surface area contributed by atoms with Gasteiger partial charge in [0.25, 0.3) is 0 Å². The standard InChI is InChI=1S/C7H14BrN.ClH/c1-7(6-8)2-4-9-5-3-7;/h9H,2-6H2,1H3;1H. The molecule has 1 fully saturated rings. The lowest BCUT2D eigenvalue weighted by Gasteiger charge is -2.31. The normalized spacial score (nSPS) is 23.4. The van der Waals surface area contributed by atoms with Crippen molar-refractivity contribution >= 4 is 28.3 Å². The quantitative estimate of drug-likeness (QED) is 0.679. The lowest BCUT2D eigenvalue weighted by molar-refractivity contribution is 0.268. The molecule has 0 aromatic heterocycles. The smallest absolute Gasteiger partial charge is 0.00862 e. The van der Waals surface area contributed by atoms with Gasteiger partial charge >= 0.3 is 0 Å². The van der Waals surface area contributed by atoms with E-state index in [9.17, 15) is 0 Å². The van der Waals surface area contributed by atoms with Crippen LogP contribution >= 0.6 is 28.3 Å². The van der Waals surface area contributed by atoms with Crippen molar-refractivity contribution in [2.75, 3.05) is 18.4 Å². The molecule has 1 N–H and O–H groups in total. The van der Waals surface area contributed by atoms with Crippen LogP contribution in [0.3, 0.4) is 0 Å². The highest BCUT2D eigenvalue weighted by Crippen LogP contribution is 2.29. The summed E-state index contributed by atoms with van der Waals surface area (Å²) in [5.74, 6) is 0. The first-order valence-electron chi connectivity index (χ1n) is 3.54. The second-order valence-corrected chi connectivity index (χ2v) is 3.76. The number of hydrogen-bond acceptors (Lipinski definition) is 1. The van der Waals surface area contributed by atoms with Crippen molar-refractivity contribution in [1.29, 1.82) is 0 Å². The predicted molar refractivity (Wildman–Crippen MR) is 51.3 cm³/mol. The summed E-state index contributed by atoms with van der Waals surface area (Å²) < 4.78 is 0.